The lowest BCUT2D eigenvalue weighted by molar-refractivity contribution is -0.158. The third-order valence-corrected chi connectivity index (χ3v) is 4.88. The van der Waals surface area contributed by atoms with Gasteiger partial charge in [0.05, 0.1) is 6.04 Å². The van der Waals surface area contributed by atoms with Crippen LogP contribution in [0.3, 0.4) is 0 Å². The molecule has 0 aliphatic heterocycles. The average Bonchev–Trinajstić information content (AvgIpc) is 2.73. The molecule has 0 saturated heterocycles. The summed E-state index contributed by atoms with van der Waals surface area (Å²) >= 11 is 0. The van der Waals surface area contributed by atoms with Crippen molar-refractivity contribution in [2.75, 3.05) is 20.8 Å². The van der Waals surface area contributed by atoms with Gasteiger partial charge in [-0.15, -0.1) is 0 Å². The number of hydrogen-bond acceptors (Lipinski definition) is 5. The molecule has 0 bridgehead atoms. The molecule has 0 fully saturated rings. The maximum atomic E-state index is 12.9. The summed E-state index contributed by atoms with van der Waals surface area (Å²) in [4.78, 5) is 25.5. The predicted octanol–water partition coefficient (Wildman–Crippen LogP) is 3.84. The summed E-state index contributed by atoms with van der Waals surface area (Å²) in [6, 6.07) is 18.0. The molecule has 30 heavy (non-hydrogen) atoms. The smallest absolute Gasteiger partial charge is 0.339 e. The van der Waals surface area contributed by atoms with Crippen LogP contribution >= 0.6 is 0 Å². The highest BCUT2D eigenvalue weighted by molar-refractivity contribution is 5.82. The van der Waals surface area contributed by atoms with Gasteiger partial charge < -0.3 is 19.5 Å². The third kappa shape index (κ3) is 6.40. The zero-order chi connectivity index (χ0) is 22.1. The second kappa shape index (κ2) is 10.9. The second-order valence-electron chi connectivity index (χ2n) is 8.11. The molecular formula is C24H31NO5. The van der Waals surface area contributed by atoms with E-state index in [9.17, 15) is 9.59 Å². The minimum atomic E-state index is -0.821. The first-order valence-electron chi connectivity index (χ1n) is 9.90. The molecule has 6 nitrogen and oxygen atoms in total. The van der Waals surface area contributed by atoms with E-state index in [4.69, 9.17) is 14.2 Å². The van der Waals surface area contributed by atoms with E-state index in [0.29, 0.717) is 5.56 Å². The fourth-order valence-corrected chi connectivity index (χ4v) is 3.02. The molecular weight excluding hydrogens is 382 g/mol. The molecule has 162 valence electrons. The highest BCUT2D eigenvalue weighted by Gasteiger charge is 2.32. The van der Waals surface area contributed by atoms with Crippen LogP contribution in [0.25, 0.3) is 0 Å². The first kappa shape index (κ1) is 23.6. The van der Waals surface area contributed by atoms with Crippen LogP contribution in [0.5, 0.6) is 0 Å². The van der Waals surface area contributed by atoms with Crippen LogP contribution in [0.2, 0.25) is 0 Å². The minimum Gasteiger partial charge on any atom is -0.461 e. The van der Waals surface area contributed by atoms with Gasteiger partial charge >= 0.3 is 5.97 Å². The lowest BCUT2D eigenvalue weighted by Crippen LogP contribution is -2.49. The van der Waals surface area contributed by atoms with Gasteiger partial charge in [0.15, 0.2) is 12.2 Å². The van der Waals surface area contributed by atoms with Crippen molar-refractivity contribution >= 4 is 11.9 Å². The van der Waals surface area contributed by atoms with Gasteiger partial charge in [-0.1, -0.05) is 81.4 Å². The number of methoxy groups -OCH3 is 2. The van der Waals surface area contributed by atoms with Crippen molar-refractivity contribution < 1.29 is 23.8 Å². The van der Waals surface area contributed by atoms with Gasteiger partial charge in [0.25, 0.3) is 5.91 Å². The normalized spacial score (nSPS) is 14.4. The van der Waals surface area contributed by atoms with E-state index in [0.717, 1.165) is 5.56 Å². The predicted molar refractivity (Wildman–Crippen MR) is 115 cm³/mol. The molecule has 2 aromatic rings. The van der Waals surface area contributed by atoms with E-state index in [1.807, 2.05) is 81.4 Å². The van der Waals surface area contributed by atoms with Crippen molar-refractivity contribution in [3.8, 4) is 0 Å². The van der Waals surface area contributed by atoms with E-state index in [-0.39, 0.29) is 17.9 Å². The maximum absolute atomic E-state index is 12.9. The molecule has 1 N–H and O–H groups in total. The lowest BCUT2D eigenvalue weighted by Gasteiger charge is -2.32. The van der Waals surface area contributed by atoms with E-state index in [1.165, 1.54) is 14.2 Å². The molecule has 6 heteroatoms. The van der Waals surface area contributed by atoms with Crippen LogP contribution in [-0.2, 0) is 23.8 Å². The molecule has 0 radical (unpaired) electrons. The Morgan fingerprint density at radius 2 is 1.30 bits per heavy atom. The van der Waals surface area contributed by atoms with Gasteiger partial charge in [0.1, 0.15) is 6.61 Å². The number of rotatable bonds is 9. The molecule has 1 amide bonds. The summed E-state index contributed by atoms with van der Waals surface area (Å²) in [5.41, 5.74) is 1.12. The minimum absolute atomic E-state index is 0.0198. The summed E-state index contributed by atoms with van der Waals surface area (Å²) in [5.74, 6) is -0.787. The Kier molecular flexibility index (Phi) is 8.57. The first-order chi connectivity index (χ1) is 14.3. The molecule has 0 aliphatic carbocycles. The molecule has 2 rings (SSSR count). The van der Waals surface area contributed by atoms with Crippen LogP contribution in [0, 0.1) is 5.41 Å². The van der Waals surface area contributed by atoms with Gasteiger partial charge in [-0.25, -0.2) is 4.79 Å². The molecule has 2 aromatic carbocycles. The molecule has 0 saturated carbocycles. The Balaban J connectivity index is 2.07. The third-order valence-electron chi connectivity index (χ3n) is 4.88. The number of nitrogens with one attached hydrogen (secondary N) is 1. The number of ether oxygens (including phenoxy) is 3. The number of benzene rings is 2. The van der Waals surface area contributed by atoms with Gasteiger partial charge in [-0.05, 0) is 16.5 Å². The molecule has 3 atom stereocenters. The van der Waals surface area contributed by atoms with Crippen LogP contribution in [0.15, 0.2) is 60.7 Å². The number of esters is 1. The Hall–Kier alpha value is -2.70. The number of amides is 1. The zero-order valence-electron chi connectivity index (χ0n) is 18.3. The number of carbonyl (C=O) groups excluding carboxylic acids is 2. The molecule has 0 spiro atoms. The van der Waals surface area contributed by atoms with Crippen LogP contribution < -0.4 is 5.32 Å². The van der Waals surface area contributed by atoms with Gasteiger partial charge in [0.2, 0.25) is 0 Å². The Labute approximate surface area is 178 Å². The molecule has 0 heterocycles. The summed E-state index contributed by atoms with van der Waals surface area (Å²) < 4.78 is 16.3. The average molecular weight is 414 g/mol. The number of carbonyl (C=O) groups is 2. The zero-order valence-corrected chi connectivity index (χ0v) is 18.3. The van der Waals surface area contributed by atoms with E-state index in [1.54, 1.807) is 0 Å². The summed E-state index contributed by atoms with van der Waals surface area (Å²) in [7, 11) is 2.96. The van der Waals surface area contributed by atoms with E-state index >= 15 is 0 Å². The largest absolute Gasteiger partial charge is 0.461 e. The van der Waals surface area contributed by atoms with Crippen LogP contribution in [0.4, 0.5) is 0 Å². The van der Waals surface area contributed by atoms with Crippen LogP contribution in [0.1, 0.15) is 44.1 Å². The summed E-state index contributed by atoms with van der Waals surface area (Å²) in [5, 5.41) is 2.98. The topological polar surface area (TPSA) is 73.9 Å². The van der Waals surface area contributed by atoms with Crippen molar-refractivity contribution in [3.05, 3.63) is 71.8 Å². The van der Waals surface area contributed by atoms with Gasteiger partial charge in [0, 0.05) is 14.2 Å². The Bertz CT molecular complexity index is 801. The lowest BCUT2D eigenvalue weighted by atomic mass is 9.87. The maximum Gasteiger partial charge on any atom is 0.339 e. The fourth-order valence-electron chi connectivity index (χ4n) is 3.02. The van der Waals surface area contributed by atoms with Gasteiger partial charge in [-0.2, -0.15) is 0 Å². The second-order valence-corrected chi connectivity index (χ2v) is 8.11. The van der Waals surface area contributed by atoms with Crippen LogP contribution in [-0.4, -0.2) is 38.7 Å². The molecule has 0 aromatic heterocycles. The van der Waals surface area contributed by atoms with E-state index in [2.05, 4.69) is 5.32 Å². The van der Waals surface area contributed by atoms with Crippen molar-refractivity contribution in [3.63, 3.8) is 0 Å². The van der Waals surface area contributed by atoms with Crippen molar-refractivity contribution in [1.82, 2.24) is 5.32 Å². The summed E-state index contributed by atoms with van der Waals surface area (Å²) in [6.07, 6.45) is -1.57. The SMILES string of the molecule is COC(C(=O)N[C@H](COC(=O)C(OC)c1ccccc1)C(C)(C)C)c1ccccc1. The van der Waals surface area contributed by atoms with E-state index < -0.39 is 24.2 Å². The monoisotopic (exact) mass is 413 g/mol. The summed E-state index contributed by atoms with van der Waals surface area (Å²) in [6.45, 7) is 5.94. The fraction of sp³-hybridized carbons (Fsp3) is 0.417. The number of hydrogen-bond donors (Lipinski definition) is 1. The Morgan fingerprint density at radius 3 is 1.73 bits per heavy atom. The first-order valence-corrected chi connectivity index (χ1v) is 9.90. The quantitative estimate of drug-likeness (QED) is 0.633. The molecule has 2 unspecified atom stereocenters. The van der Waals surface area contributed by atoms with Crippen molar-refractivity contribution in [2.45, 2.75) is 39.0 Å². The molecule has 0 aliphatic rings. The highest BCUT2D eigenvalue weighted by atomic mass is 16.6. The van der Waals surface area contributed by atoms with Crippen molar-refractivity contribution in [2.24, 2.45) is 5.41 Å². The standard InChI is InChI=1S/C24H31NO5/c1-24(2,3)19(25-22(26)20(28-4)17-12-8-6-9-13-17)16-30-23(27)21(29-5)18-14-10-7-11-15-18/h6-15,19-21H,16H2,1-5H3,(H,25,26)/t19-,20?,21?/m1/s1. The highest BCUT2D eigenvalue weighted by Crippen LogP contribution is 2.24. The van der Waals surface area contributed by atoms with Gasteiger partial charge in [-0.3, -0.25) is 4.79 Å². The van der Waals surface area contributed by atoms with Crippen molar-refractivity contribution in [1.29, 1.82) is 0 Å². The Morgan fingerprint density at radius 1 is 0.833 bits per heavy atom.